The summed E-state index contributed by atoms with van der Waals surface area (Å²) in [5, 5.41) is 15.3. The van der Waals surface area contributed by atoms with E-state index in [0.29, 0.717) is 23.7 Å². The van der Waals surface area contributed by atoms with Gasteiger partial charge in [-0.1, -0.05) is 6.92 Å². The van der Waals surface area contributed by atoms with Crippen LogP contribution in [0, 0.1) is 6.92 Å². The fourth-order valence-electron chi connectivity index (χ4n) is 2.79. The van der Waals surface area contributed by atoms with Gasteiger partial charge >= 0.3 is 0 Å². The third-order valence-electron chi connectivity index (χ3n) is 4.22. The maximum atomic E-state index is 12.6. The molecule has 1 aromatic carbocycles. The highest BCUT2D eigenvalue weighted by molar-refractivity contribution is 6.08. The van der Waals surface area contributed by atoms with Gasteiger partial charge in [-0.2, -0.15) is 10.2 Å². The first-order valence-electron chi connectivity index (χ1n) is 9.09. The van der Waals surface area contributed by atoms with Crippen molar-refractivity contribution in [3.05, 3.63) is 35.7 Å². The molecule has 2 aromatic heterocycles. The number of carbonyl (C=O) groups is 1. The largest absolute Gasteiger partial charge is 0.492 e. The standard InChI is InChI=1S/C19H26N6O2/c1-5-8-25-12-16(13(2)23-25)19(26)20-18-15-7-6-14(11-17(15)21-22-18)27-10-9-24(3)4/h6-7,11-12H,5,8-10H2,1-4H3,(H2,20,21,22,26). The minimum atomic E-state index is -0.213. The van der Waals surface area contributed by atoms with Crippen LogP contribution in [0.25, 0.3) is 10.9 Å². The van der Waals surface area contributed by atoms with Gasteiger partial charge in [0.2, 0.25) is 0 Å². The van der Waals surface area contributed by atoms with Gasteiger partial charge in [0.05, 0.1) is 16.8 Å². The molecule has 0 fully saturated rings. The number of nitrogens with zero attached hydrogens (tertiary/aromatic N) is 4. The van der Waals surface area contributed by atoms with Gasteiger partial charge in [0.15, 0.2) is 5.82 Å². The van der Waals surface area contributed by atoms with Gasteiger partial charge in [-0.25, -0.2) is 0 Å². The third kappa shape index (κ3) is 4.46. The van der Waals surface area contributed by atoms with Gasteiger partial charge in [-0.3, -0.25) is 14.6 Å². The molecule has 27 heavy (non-hydrogen) atoms. The molecule has 144 valence electrons. The van der Waals surface area contributed by atoms with E-state index in [1.54, 1.807) is 10.9 Å². The Morgan fingerprint density at radius 2 is 2.19 bits per heavy atom. The predicted octanol–water partition coefficient (Wildman–Crippen LogP) is 2.67. The van der Waals surface area contributed by atoms with Crippen LogP contribution in [0.3, 0.4) is 0 Å². The molecule has 0 radical (unpaired) electrons. The summed E-state index contributed by atoms with van der Waals surface area (Å²) < 4.78 is 7.53. The van der Waals surface area contributed by atoms with Gasteiger partial charge in [0.25, 0.3) is 5.91 Å². The molecule has 0 atom stereocenters. The predicted molar refractivity (Wildman–Crippen MR) is 105 cm³/mol. The molecule has 3 aromatic rings. The van der Waals surface area contributed by atoms with Crippen LogP contribution in [0.15, 0.2) is 24.4 Å². The highest BCUT2D eigenvalue weighted by Gasteiger charge is 2.16. The van der Waals surface area contributed by atoms with Gasteiger partial charge in [0.1, 0.15) is 12.4 Å². The van der Waals surface area contributed by atoms with E-state index < -0.39 is 0 Å². The molecule has 8 nitrogen and oxygen atoms in total. The Hall–Kier alpha value is -2.87. The molecule has 2 N–H and O–H groups in total. The van der Waals surface area contributed by atoms with Crippen LogP contribution in [0.5, 0.6) is 5.75 Å². The number of H-pyrrole nitrogens is 1. The summed E-state index contributed by atoms with van der Waals surface area (Å²) in [4.78, 5) is 14.7. The van der Waals surface area contributed by atoms with E-state index in [1.165, 1.54) is 0 Å². The molecule has 0 saturated heterocycles. The van der Waals surface area contributed by atoms with Crippen LogP contribution in [0.1, 0.15) is 29.4 Å². The molecule has 0 aliphatic carbocycles. The number of likely N-dealkylation sites (N-methyl/N-ethyl adjacent to an activating group) is 1. The Kier molecular flexibility index (Phi) is 5.75. The number of rotatable bonds is 8. The number of nitrogens with one attached hydrogen (secondary N) is 2. The molecular weight excluding hydrogens is 344 g/mol. The van der Waals surface area contributed by atoms with E-state index in [9.17, 15) is 4.79 Å². The normalized spacial score (nSPS) is 11.3. The Balaban J connectivity index is 1.72. The van der Waals surface area contributed by atoms with Crippen molar-refractivity contribution in [1.82, 2.24) is 24.9 Å². The topological polar surface area (TPSA) is 88.1 Å². The number of carbonyl (C=O) groups excluding carboxylic acids is 1. The monoisotopic (exact) mass is 370 g/mol. The van der Waals surface area contributed by atoms with Crippen LogP contribution < -0.4 is 10.1 Å². The maximum Gasteiger partial charge on any atom is 0.260 e. The first-order valence-corrected chi connectivity index (χ1v) is 9.09. The summed E-state index contributed by atoms with van der Waals surface area (Å²) in [5.74, 6) is 1.05. The number of hydrogen-bond donors (Lipinski definition) is 2. The van der Waals surface area contributed by atoms with Crippen molar-refractivity contribution in [3.8, 4) is 5.75 Å². The average Bonchev–Trinajstić information content (AvgIpc) is 3.18. The smallest absolute Gasteiger partial charge is 0.260 e. The lowest BCUT2D eigenvalue weighted by Crippen LogP contribution is -2.19. The second kappa shape index (κ2) is 8.22. The average molecular weight is 370 g/mol. The van der Waals surface area contributed by atoms with E-state index in [1.807, 2.05) is 39.2 Å². The van der Waals surface area contributed by atoms with Crippen molar-refractivity contribution in [2.75, 3.05) is 32.6 Å². The van der Waals surface area contributed by atoms with E-state index in [-0.39, 0.29) is 5.91 Å². The van der Waals surface area contributed by atoms with Crippen molar-refractivity contribution in [2.24, 2.45) is 0 Å². The zero-order valence-corrected chi connectivity index (χ0v) is 16.2. The molecular formula is C19H26N6O2. The molecule has 0 aliphatic heterocycles. The minimum Gasteiger partial charge on any atom is -0.492 e. The summed E-state index contributed by atoms with van der Waals surface area (Å²) in [5.41, 5.74) is 2.08. The second-order valence-corrected chi connectivity index (χ2v) is 6.78. The number of hydrogen-bond acceptors (Lipinski definition) is 5. The van der Waals surface area contributed by atoms with Crippen molar-refractivity contribution in [1.29, 1.82) is 0 Å². The molecule has 0 bridgehead atoms. The van der Waals surface area contributed by atoms with Crippen molar-refractivity contribution >= 4 is 22.6 Å². The van der Waals surface area contributed by atoms with Gasteiger partial charge in [-0.05, 0) is 39.6 Å². The number of fused-ring (bicyclic) bond motifs is 1. The van der Waals surface area contributed by atoms with Crippen LogP contribution in [0.2, 0.25) is 0 Å². The second-order valence-electron chi connectivity index (χ2n) is 6.78. The zero-order valence-electron chi connectivity index (χ0n) is 16.2. The van der Waals surface area contributed by atoms with Crippen LogP contribution in [-0.4, -0.2) is 58.0 Å². The van der Waals surface area contributed by atoms with Gasteiger partial charge in [0, 0.05) is 30.7 Å². The maximum absolute atomic E-state index is 12.6. The van der Waals surface area contributed by atoms with E-state index in [4.69, 9.17) is 4.74 Å². The number of aromatic amines is 1. The SMILES string of the molecule is CCCn1cc(C(=O)Nc2n[nH]c3cc(OCCN(C)C)ccc23)c(C)n1. The Labute approximate surface area is 158 Å². The highest BCUT2D eigenvalue weighted by atomic mass is 16.5. The number of aryl methyl sites for hydroxylation is 2. The molecule has 1 amide bonds. The number of ether oxygens (including phenoxy) is 1. The van der Waals surface area contributed by atoms with Crippen molar-refractivity contribution < 1.29 is 9.53 Å². The Bertz CT molecular complexity index is 928. The van der Waals surface area contributed by atoms with Gasteiger partial charge < -0.3 is 15.0 Å². The number of amides is 1. The molecule has 3 rings (SSSR count). The van der Waals surface area contributed by atoms with E-state index in [2.05, 4.69) is 32.4 Å². The summed E-state index contributed by atoms with van der Waals surface area (Å²) in [7, 11) is 4.01. The van der Waals surface area contributed by atoms with Gasteiger partial charge in [-0.15, -0.1) is 0 Å². The molecule has 2 heterocycles. The Morgan fingerprint density at radius 1 is 1.37 bits per heavy atom. The highest BCUT2D eigenvalue weighted by Crippen LogP contribution is 2.25. The Morgan fingerprint density at radius 3 is 2.93 bits per heavy atom. The van der Waals surface area contributed by atoms with Crippen LogP contribution in [-0.2, 0) is 6.54 Å². The molecule has 0 saturated carbocycles. The number of aromatic nitrogens is 4. The summed E-state index contributed by atoms with van der Waals surface area (Å²) in [6.07, 6.45) is 2.74. The third-order valence-corrected chi connectivity index (χ3v) is 4.22. The van der Waals surface area contributed by atoms with Crippen LogP contribution >= 0.6 is 0 Å². The fourth-order valence-corrected chi connectivity index (χ4v) is 2.79. The first kappa shape index (κ1) is 18.9. The molecule has 0 unspecified atom stereocenters. The lowest BCUT2D eigenvalue weighted by molar-refractivity contribution is 0.102. The number of benzene rings is 1. The lowest BCUT2D eigenvalue weighted by Gasteiger charge is -2.10. The quantitative estimate of drug-likeness (QED) is 0.636. The molecule has 8 heteroatoms. The summed E-state index contributed by atoms with van der Waals surface area (Å²) in [6, 6.07) is 5.67. The van der Waals surface area contributed by atoms with E-state index in [0.717, 1.165) is 36.2 Å². The molecule has 0 spiro atoms. The summed E-state index contributed by atoms with van der Waals surface area (Å²) in [6.45, 7) is 6.15. The van der Waals surface area contributed by atoms with Crippen molar-refractivity contribution in [2.45, 2.75) is 26.8 Å². The first-order chi connectivity index (χ1) is 13.0. The minimum absolute atomic E-state index is 0.213. The van der Waals surface area contributed by atoms with Crippen LogP contribution in [0.4, 0.5) is 5.82 Å². The fraction of sp³-hybridized carbons (Fsp3) is 0.421. The lowest BCUT2D eigenvalue weighted by atomic mass is 10.2. The van der Waals surface area contributed by atoms with E-state index >= 15 is 0 Å². The number of anilines is 1. The zero-order chi connectivity index (χ0) is 19.4. The molecule has 0 aliphatic rings. The summed E-state index contributed by atoms with van der Waals surface area (Å²) >= 11 is 0. The van der Waals surface area contributed by atoms with Crippen molar-refractivity contribution in [3.63, 3.8) is 0 Å².